The Labute approximate surface area is 251 Å². The van der Waals surface area contributed by atoms with Crippen molar-refractivity contribution in [3.63, 3.8) is 0 Å². The molecule has 0 unspecified atom stereocenters. The number of amides is 1. The maximum Gasteiger partial charge on any atom is 0.305 e. The Kier molecular flexibility index (Phi) is 20.3. The van der Waals surface area contributed by atoms with E-state index >= 15 is 0 Å². The van der Waals surface area contributed by atoms with Crippen LogP contribution in [-0.4, -0.2) is 130 Å². The van der Waals surface area contributed by atoms with Gasteiger partial charge in [-0.1, -0.05) is 24.3 Å². The smallest absolute Gasteiger partial charge is 0.305 e. The Hall–Kier alpha value is -3.18. The number of rotatable bonds is 27. The fourth-order valence-electron chi connectivity index (χ4n) is 3.20. The van der Waals surface area contributed by atoms with E-state index in [0.29, 0.717) is 104 Å². The summed E-state index contributed by atoms with van der Waals surface area (Å²) in [4.78, 5) is 22.4. The van der Waals surface area contributed by atoms with Crippen LogP contribution in [0.3, 0.4) is 0 Å². The van der Waals surface area contributed by atoms with Crippen molar-refractivity contribution >= 4 is 11.9 Å². The Balaban J connectivity index is 1.28. The average Bonchev–Trinajstić information content (AvgIpc) is 3.01. The first-order valence-corrected chi connectivity index (χ1v) is 14.2. The molecule has 240 valence electrons. The lowest BCUT2D eigenvalue weighted by Gasteiger charge is -2.09. The number of carboxylic acid groups (broad SMARTS) is 1. The molecule has 1 aromatic heterocycles. The van der Waals surface area contributed by atoms with E-state index < -0.39 is 5.97 Å². The largest absolute Gasteiger partial charge is 0.481 e. The van der Waals surface area contributed by atoms with Gasteiger partial charge in [0.15, 0.2) is 5.82 Å². The van der Waals surface area contributed by atoms with Crippen molar-refractivity contribution in [2.45, 2.75) is 26.3 Å². The van der Waals surface area contributed by atoms with Crippen molar-refractivity contribution in [3.8, 4) is 11.4 Å². The second kappa shape index (κ2) is 24.3. The van der Waals surface area contributed by atoms with Gasteiger partial charge in [0.2, 0.25) is 11.7 Å². The number of carboxylic acids is 1. The molecule has 0 saturated heterocycles. The Morgan fingerprint density at radius 2 is 1.00 bits per heavy atom. The van der Waals surface area contributed by atoms with Gasteiger partial charge < -0.3 is 43.6 Å². The molecule has 0 aliphatic heterocycles. The normalized spacial score (nSPS) is 11.1. The Morgan fingerprint density at radius 3 is 1.42 bits per heavy atom. The average molecular weight is 610 g/mol. The van der Waals surface area contributed by atoms with E-state index in [0.717, 1.165) is 11.1 Å². The lowest BCUT2D eigenvalue weighted by molar-refractivity contribution is -0.138. The lowest BCUT2D eigenvalue weighted by atomic mass is 10.1. The van der Waals surface area contributed by atoms with E-state index in [-0.39, 0.29) is 25.4 Å². The summed E-state index contributed by atoms with van der Waals surface area (Å²) < 4.78 is 37.6. The van der Waals surface area contributed by atoms with Gasteiger partial charge in [-0.2, -0.15) is 0 Å². The first kappa shape index (κ1) is 36.0. The molecule has 0 radical (unpaired) electrons. The summed E-state index contributed by atoms with van der Waals surface area (Å²) in [5.41, 5.74) is 1.76. The van der Waals surface area contributed by atoms with Crippen molar-refractivity contribution < 1.29 is 47.9 Å². The highest BCUT2D eigenvalue weighted by Gasteiger charge is 2.05. The zero-order valence-electron chi connectivity index (χ0n) is 24.7. The van der Waals surface area contributed by atoms with Crippen molar-refractivity contribution in [1.29, 1.82) is 0 Å². The quantitative estimate of drug-likeness (QED) is 0.136. The molecule has 2 rings (SSSR count). The fourth-order valence-corrected chi connectivity index (χ4v) is 3.20. The van der Waals surface area contributed by atoms with Gasteiger partial charge in [0.25, 0.3) is 0 Å². The summed E-state index contributed by atoms with van der Waals surface area (Å²) in [6.45, 7) is 7.82. The van der Waals surface area contributed by atoms with Crippen LogP contribution in [-0.2, 0) is 49.3 Å². The molecule has 1 amide bonds. The SMILES string of the molecule is Cc1nnc(-c2ccc(CNC(=O)CCOCCOCCOCCOCCOCCOCCOCCC(=O)O)cc2)nn1. The van der Waals surface area contributed by atoms with E-state index in [1.54, 1.807) is 6.92 Å². The van der Waals surface area contributed by atoms with Gasteiger partial charge in [0.1, 0.15) is 0 Å². The predicted molar refractivity (Wildman–Crippen MR) is 152 cm³/mol. The topological polar surface area (TPSA) is 183 Å². The molecule has 15 nitrogen and oxygen atoms in total. The number of aromatic nitrogens is 4. The Bertz CT molecular complexity index is 998. The first-order chi connectivity index (χ1) is 21.0. The molecule has 15 heteroatoms. The number of benzene rings is 1. The van der Waals surface area contributed by atoms with Gasteiger partial charge in [-0.3, -0.25) is 9.59 Å². The number of carbonyl (C=O) groups is 2. The first-order valence-electron chi connectivity index (χ1n) is 14.2. The minimum Gasteiger partial charge on any atom is -0.481 e. The number of aryl methyl sites for hydroxylation is 1. The van der Waals surface area contributed by atoms with Crippen LogP contribution in [0.2, 0.25) is 0 Å². The second-order valence-electron chi connectivity index (χ2n) is 8.92. The van der Waals surface area contributed by atoms with Crippen molar-refractivity contribution in [1.82, 2.24) is 25.7 Å². The second-order valence-corrected chi connectivity index (χ2v) is 8.92. The number of aliphatic carboxylic acids is 1. The van der Waals surface area contributed by atoms with Gasteiger partial charge in [0.05, 0.1) is 98.9 Å². The summed E-state index contributed by atoms with van der Waals surface area (Å²) >= 11 is 0. The van der Waals surface area contributed by atoms with E-state index in [1.807, 2.05) is 24.3 Å². The van der Waals surface area contributed by atoms with Gasteiger partial charge in [0, 0.05) is 18.5 Å². The van der Waals surface area contributed by atoms with Crippen LogP contribution in [0.1, 0.15) is 24.2 Å². The van der Waals surface area contributed by atoms with Crippen LogP contribution in [0.5, 0.6) is 0 Å². The molecule has 0 saturated carbocycles. The molecule has 0 spiro atoms. The summed E-state index contributed by atoms with van der Waals surface area (Å²) in [7, 11) is 0. The third kappa shape index (κ3) is 19.6. The summed E-state index contributed by atoms with van der Waals surface area (Å²) in [6, 6.07) is 7.53. The maximum atomic E-state index is 12.0. The third-order valence-electron chi connectivity index (χ3n) is 5.45. The van der Waals surface area contributed by atoms with Gasteiger partial charge >= 0.3 is 5.97 Å². The minimum atomic E-state index is -0.880. The summed E-state index contributed by atoms with van der Waals surface area (Å²) in [5, 5.41) is 27.2. The molecule has 0 fully saturated rings. The number of hydrogen-bond donors (Lipinski definition) is 2. The van der Waals surface area contributed by atoms with Gasteiger partial charge in [-0.15, -0.1) is 20.4 Å². The number of carbonyl (C=O) groups excluding carboxylic acids is 1. The van der Waals surface area contributed by atoms with Gasteiger partial charge in [-0.25, -0.2) is 0 Å². The zero-order valence-corrected chi connectivity index (χ0v) is 24.7. The highest BCUT2D eigenvalue weighted by Crippen LogP contribution is 2.14. The molecule has 0 bridgehead atoms. The van der Waals surface area contributed by atoms with Crippen molar-refractivity contribution in [2.75, 3.05) is 92.5 Å². The standard InChI is InChI=1S/C28H43N5O10/c1-23-30-32-28(33-31-23)25-4-2-24(3-5-25)22-29-26(34)6-8-37-10-12-39-14-16-41-18-20-43-21-19-42-17-15-40-13-11-38-9-7-27(35)36/h2-5H,6-22H2,1H3,(H,29,34)(H,35,36). The molecule has 0 aliphatic rings. The van der Waals surface area contributed by atoms with Crippen molar-refractivity contribution in [2.24, 2.45) is 0 Å². The molecule has 2 N–H and O–H groups in total. The highest BCUT2D eigenvalue weighted by molar-refractivity contribution is 5.76. The molecule has 0 aliphatic carbocycles. The number of hydrogen-bond acceptors (Lipinski definition) is 13. The molecule has 0 atom stereocenters. The lowest BCUT2D eigenvalue weighted by Crippen LogP contribution is -2.24. The van der Waals surface area contributed by atoms with Crippen molar-refractivity contribution in [3.05, 3.63) is 35.7 Å². The van der Waals surface area contributed by atoms with E-state index in [1.165, 1.54) is 0 Å². The predicted octanol–water partition coefficient (Wildman–Crippen LogP) is 0.839. The molecular formula is C28H43N5O10. The summed E-state index contributed by atoms with van der Waals surface area (Å²) in [6.07, 6.45) is 0.257. The number of ether oxygens (including phenoxy) is 7. The van der Waals surface area contributed by atoms with E-state index in [2.05, 4.69) is 25.7 Å². The van der Waals surface area contributed by atoms with Crippen LogP contribution in [0.4, 0.5) is 0 Å². The molecule has 43 heavy (non-hydrogen) atoms. The van der Waals surface area contributed by atoms with Crippen LogP contribution >= 0.6 is 0 Å². The number of nitrogens with zero attached hydrogens (tertiary/aromatic N) is 4. The van der Waals surface area contributed by atoms with Crippen LogP contribution < -0.4 is 5.32 Å². The summed E-state index contributed by atoms with van der Waals surface area (Å²) in [5.74, 6) is -0.00422. The maximum absolute atomic E-state index is 12.0. The molecule has 1 aromatic carbocycles. The van der Waals surface area contributed by atoms with Crippen LogP contribution in [0.25, 0.3) is 11.4 Å². The van der Waals surface area contributed by atoms with Crippen LogP contribution in [0, 0.1) is 6.92 Å². The van der Waals surface area contributed by atoms with E-state index in [4.69, 9.17) is 38.3 Å². The third-order valence-corrected chi connectivity index (χ3v) is 5.45. The molecule has 1 heterocycles. The molecular weight excluding hydrogens is 566 g/mol. The van der Waals surface area contributed by atoms with Crippen LogP contribution in [0.15, 0.2) is 24.3 Å². The minimum absolute atomic E-state index is 0.00871. The monoisotopic (exact) mass is 609 g/mol. The zero-order chi connectivity index (χ0) is 30.8. The Morgan fingerprint density at radius 1 is 0.605 bits per heavy atom. The highest BCUT2D eigenvalue weighted by atomic mass is 16.6. The molecule has 2 aromatic rings. The number of nitrogens with one attached hydrogen (secondary N) is 1. The van der Waals surface area contributed by atoms with E-state index in [9.17, 15) is 9.59 Å². The fraction of sp³-hybridized carbons (Fsp3) is 0.643. The van der Waals surface area contributed by atoms with Gasteiger partial charge in [-0.05, 0) is 12.5 Å².